The molecule has 2 rings (SSSR count). The number of nitro benzene ring substituents is 1. The molecule has 0 unspecified atom stereocenters. The second-order valence-corrected chi connectivity index (χ2v) is 4.53. The smallest absolute Gasteiger partial charge is 0.292 e. The van der Waals surface area contributed by atoms with Gasteiger partial charge in [0, 0.05) is 18.8 Å². The first-order valence-electron chi connectivity index (χ1n) is 6.29. The van der Waals surface area contributed by atoms with Crippen molar-refractivity contribution in [1.29, 1.82) is 0 Å². The largest absolute Gasteiger partial charge is 0.393 e. The number of hydrogen-bond acceptors (Lipinski definition) is 5. The van der Waals surface area contributed by atoms with Gasteiger partial charge >= 0.3 is 0 Å². The lowest BCUT2D eigenvalue weighted by atomic mass is 10.1. The van der Waals surface area contributed by atoms with E-state index in [4.69, 9.17) is 5.73 Å². The molecule has 0 saturated carbocycles. The second kappa shape index (κ2) is 6.04. The minimum absolute atomic E-state index is 0.0980. The van der Waals surface area contributed by atoms with Gasteiger partial charge in [0.05, 0.1) is 23.2 Å². The van der Waals surface area contributed by atoms with Gasteiger partial charge < -0.3 is 11.1 Å². The predicted octanol–water partition coefficient (Wildman–Crippen LogP) is 1.11. The minimum Gasteiger partial charge on any atom is -0.393 e. The molecule has 21 heavy (non-hydrogen) atoms. The Kier molecular flexibility index (Phi) is 4.17. The van der Waals surface area contributed by atoms with Crippen LogP contribution in [0.2, 0.25) is 0 Å². The predicted molar refractivity (Wildman–Crippen MR) is 76.8 cm³/mol. The summed E-state index contributed by atoms with van der Waals surface area (Å²) >= 11 is 0. The monoisotopic (exact) mass is 289 g/mol. The SMILES string of the molecule is Cc1cnn(CCNC(=O)c2cccc([N+](=O)[O-])c2N)c1. The average molecular weight is 289 g/mol. The number of nitrogens with one attached hydrogen (secondary N) is 1. The number of benzene rings is 1. The molecule has 2 aromatic rings. The van der Waals surface area contributed by atoms with Crippen LogP contribution in [0.25, 0.3) is 0 Å². The Balaban J connectivity index is 2.00. The number of nitrogen functional groups attached to an aromatic ring is 1. The summed E-state index contributed by atoms with van der Waals surface area (Å²) in [5.41, 5.74) is 6.38. The highest BCUT2D eigenvalue weighted by Crippen LogP contribution is 2.24. The number of carbonyl (C=O) groups excluding carboxylic acids is 1. The Hall–Kier alpha value is -2.90. The third-order valence-electron chi connectivity index (χ3n) is 2.91. The number of para-hydroxylation sites is 1. The van der Waals surface area contributed by atoms with Gasteiger partial charge in [0.1, 0.15) is 5.69 Å². The van der Waals surface area contributed by atoms with Gasteiger partial charge in [-0.2, -0.15) is 5.10 Å². The Morgan fingerprint density at radius 1 is 1.52 bits per heavy atom. The third-order valence-corrected chi connectivity index (χ3v) is 2.91. The van der Waals surface area contributed by atoms with E-state index in [1.165, 1.54) is 18.2 Å². The maximum absolute atomic E-state index is 12.0. The molecule has 1 amide bonds. The number of hydrogen-bond donors (Lipinski definition) is 2. The fourth-order valence-electron chi connectivity index (χ4n) is 1.88. The van der Waals surface area contributed by atoms with Crippen molar-refractivity contribution in [2.45, 2.75) is 13.5 Å². The van der Waals surface area contributed by atoms with Crippen LogP contribution in [0, 0.1) is 17.0 Å². The lowest BCUT2D eigenvalue weighted by Gasteiger charge is -2.07. The molecule has 0 bridgehead atoms. The minimum atomic E-state index is -0.612. The second-order valence-electron chi connectivity index (χ2n) is 4.53. The molecule has 8 nitrogen and oxygen atoms in total. The van der Waals surface area contributed by atoms with Gasteiger partial charge in [-0.15, -0.1) is 0 Å². The maximum atomic E-state index is 12.0. The summed E-state index contributed by atoms with van der Waals surface area (Å²) in [6.45, 7) is 2.78. The van der Waals surface area contributed by atoms with Crippen molar-refractivity contribution in [3.05, 3.63) is 51.8 Å². The Bertz CT molecular complexity index is 680. The summed E-state index contributed by atoms with van der Waals surface area (Å²) < 4.78 is 1.70. The topological polar surface area (TPSA) is 116 Å². The van der Waals surface area contributed by atoms with Crippen molar-refractivity contribution in [3.8, 4) is 0 Å². The van der Waals surface area contributed by atoms with E-state index in [1.54, 1.807) is 10.9 Å². The number of nitrogens with two attached hydrogens (primary N) is 1. The van der Waals surface area contributed by atoms with Crippen molar-refractivity contribution in [3.63, 3.8) is 0 Å². The normalized spacial score (nSPS) is 10.3. The molecule has 0 saturated heterocycles. The van der Waals surface area contributed by atoms with Crippen LogP contribution in [0.1, 0.15) is 15.9 Å². The third kappa shape index (κ3) is 3.35. The number of nitrogens with zero attached hydrogens (tertiary/aromatic N) is 3. The molecule has 0 fully saturated rings. The molecule has 0 aliphatic heterocycles. The van der Waals surface area contributed by atoms with Crippen LogP contribution >= 0.6 is 0 Å². The zero-order chi connectivity index (χ0) is 15.4. The summed E-state index contributed by atoms with van der Waals surface area (Å²) in [6.07, 6.45) is 3.58. The van der Waals surface area contributed by atoms with E-state index in [0.29, 0.717) is 13.1 Å². The van der Waals surface area contributed by atoms with Crippen molar-refractivity contribution in [2.24, 2.45) is 0 Å². The van der Waals surface area contributed by atoms with Crippen LogP contribution in [0.15, 0.2) is 30.6 Å². The first kappa shape index (κ1) is 14.5. The van der Waals surface area contributed by atoms with Gasteiger partial charge in [0.2, 0.25) is 0 Å². The summed E-state index contributed by atoms with van der Waals surface area (Å²) in [5.74, 6) is -0.444. The van der Waals surface area contributed by atoms with Crippen molar-refractivity contribution in [2.75, 3.05) is 12.3 Å². The Morgan fingerprint density at radius 2 is 2.29 bits per heavy atom. The van der Waals surface area contributed by atoms with E-state index in [2.05, 4.69) is 10.4 Å². The number of nitro groups is 1. The summed E-state index contributed by atoms with van der Waals surface area (Å²) in [4.78, 5) is 22.2. The van der Waals surface area contributed by atoms with Crippen molar-refractivity contribution in [1.82, 2.24) is 15.1 Å². The zero-order valence-electron chi connectivity index (χ0n) is 11.4. The number of aromatic nitrogens is 2. The number of rotatable bonds is 5. The van der Waals surface area contributed by atoms with E-state index < -0.39 is 10.8 Å². The zero-order valence-corrected chi connectivity index (χ0v) is 11.4. The first-order valence-corrected chi connectivity index (χ1v) is 6.29. The molecule has 1 aromatic heterocycles. The molecule has 0 aliphatic carbocycles. The molecule has 0 atom stereocenters. The summed E-state index contributed by atoms with van der Waals surface area (Å²) in [6, 6.07) is 4.15. The van der Waals surface area contributed by atoms with Crippen LogP contribution < -0.4 is 11.1 Å². The van der Waals surface area contributed by atoms with E-state index in [0.717, 1.165) is 5.56 Å². The summed E-state index contributed by atoms with van der Waals surface area (Å²) in [7, 11) is 0. The van der Waals surface area contributed by atoms with Crippen LogP contribution in [0.4, 0.5) is 11.4 Å². The molecule has 0 radical (unpaired) electrons. The van der Waals surface area contributed by atoms with Crippen molar-refractivity contribution < 1.29 is 9.72 Å². The standard InChI is InChI=1S/C13H15N5O3/c1-9-7-16-17(8-9)6-5-15-13(19)10-3-2-4-11(12(10)14)18(20)21/h2-4,7-8H,5-6,14H2,1H3,(H,15,19). The number of anilines is 1. The van der Waals surface area contributed by atoms with Crippen LogP contribution in [-0.2, 0) is 6.54 Å². The molecule has 110 valence electrons. The quantitative estimate of drug-likeness (QED) is 0.486. The van der Waals surface area contributed by atoms with Gasteiger partial charge in [-0.25, -0.2) is 0 Å². The molecular weight excluding hydrogens is 274 g/mol. The fraction of sp³-hybridized carbons (Fsp3) is 0.231. The van der Waals surface area contributed by atoms with Crippen LogP contribution in [0.5, 0.6) is 0 Å². The van der Waals surface area contributed by atoms with Gasteiger partial charge in [-0.1, -0.05) is 6.07 Å². The highest BCUT2D eigenvalue weighted by Gasteiger charge is 2.18. The number of carbonyl (C=O) groups is 1. The van der Waals surface area contributed by atoms with Crippen LogP contribution in [-0.4, -0.2) is 27.2 Å². The lowest BCUT2D eigenvalue weighted by Crippen LogP contribution is -2.28. The Morgan fingerprint density at radius 3 is 2.90 bits per heavy atom. The highest BCUT2D eigenvalue weighted by atomic mass is 16.6. The van der Waals surface area contributed by atoms with E-state index >= 15 is 0 Å². The average Bonchev–Trinajstić information content (AvgIpc) is 2.84. The molecule has 3 N–H and O–H groups in total. The molecule has 1 heterocycles. The maximum Gasteiger partial charge on any atom is 0.292 e. The van der Waals surface area contributed by atoms with E-state index in [9.17, 15) is 14.9 Å². The molecule has 8 heteroatoms. The van der Waals surface area contributed by atoms with Gasteiger partial charge in [0.15, 0.2) is 0 Å². The summed E-state index contributed by atoms with van der Waals surface area (Å²) in [5, 5.41) is 17.5. The highest BCUT2D eigenvalue weighted by molar-refractivity contribution is 6.00. The van der Waals surface area contributed by atoms with Gasteiger partial charge in [-0.3, -0.25) is 19.6 Å². The molecular formula is C13H15N5O3. The van der Waals surface area contributed by atoms with Gasteiger partial charge in [0.25, 0.3) is 11.6 Å². The first-order chi connectivity index (χ1) is 9.99. The van der Waals surface area contributed by atoms with Gasteiger partial charge in [-0.05, 0) is 18.6 Å². The van der Waals surface area contributed by atoms with Crippen LogP contribution in [0.3, 0.4) is 0 Å². The molecule has 0 spiro atoms. The fourth-order valence-corrected chi connectivity index (χ4v) is 1.88. The number of aryl methyl sites for hydroxylation is 1. The van der Waals surface area contributed by atoms with Crippen molar-refractivity contribution >= 4 is 17.3 Å². The Labute approximate surface area is 120 Å². The lowest BCUT2D eigenvalue weighted by molar-refractivity contribution is -0.383. The molecule has 0 aliphatic rings. The number of amides is 1. The molecule has 1 aromatic carbocycles. The van der Waals surface area contributed by atoms with E-state index in [1.807, 2.05) is 13.1 Å². The van der Waals surface area contributed by atoms with E-state index in [-0.39, 0.29) is 16.9 Å².